The van der Waals surface area contributed by atoms with Gasteiger partial charge in [0.25, 0.3) is 0 Å². The Hall–Kier alpha value is -0.900. The summed E-state index contributed by atoms with van der Waals surface area (Å²) in [5.41, 5.74) is 1.25. The second kappa shape index (κ2) is 4.31. The minimum absolute atomic E-state index is 0.0427. The quantitative estimate of drug-likeness (QED) is 0.738. The number of nitrogens with zero attached hydrogens (tertiary/aromatic N) is 1. The first-order valence-electron chi connectivity index (χ1n) is 4.89. The van der Waals surface area contributed by atoms with Crippen LogP contribution in [0.5, 0.6) is 0 Å². The Balaban J connectivity index is 2.51. The standard InChI is InChI=1S/C12H15NOS/c1-13(2)12(14-3)10-8-15-11-7-5-4-6-9(10)11/h4-8,12H,1-3H3. The molecule has 2 aromatic rings. The maximum atomic E-state index is 5.50. The van der Waals surface area contributed by atoms with Crippen LogP contribution in [0.3, 0.4) is 0 Å². The molecule has 0 N–H and O–H groups in total. The van der Waals surface area contributed by atoms with Crippen LogP contribution in [0, 0.1) is 0 Å². The molecule has 0 aliphatic carbocycles. The van der Waals surface area contributed by atoms with Crippen molar-refractivity contribution in [2.24, 2.45) is 0 Å². The van der Waals surface area contributed by atoms with Gasteiger partial charge in [-0.05, 0) is 30.9 Å². The number of hydrogen-bond acceptors (Lipinski definition) is 3. The Kier molecular flexibility index (Phi) is 3.05. The molecule has 1 aromatic carbocycles. The van der Waals surface area contributed by atoms with Gasteiger partial charge < -0.3 is 4.74 Å². The van der Waals surface area contributed by atoms with E-state index in [1.165, 1.54) is 15.6 Å². The Morgan fingerprint density at radius 3 is 2.67 bits per heavy atom. The van der Waals surface area contributed by atoms with Crippen molar-refractivity contribution in [2.45, 2.75) is 6.23 Å². The SMILES string of the molecule is COC(c1csc2ccccc12)N(C)C. The molecule has 0 bridgehead atoms. The third-order valence-corrected chi connectivity index (χ3v) is 3.45. The van der Waals surface area contributed by atoms with Crippen molar-refractivity contribution in [3.8, 4) is 0 Å². The maximum Gasteiger partial charge on any atom is 0.137 e. The van der Waals surface area contributed by atoms with Gasteiger partial charge in [-0.2, -0.15) is 0 Å². The maximum absolute atomic E-state index is 5.50. The van der Waals surface area contributed by atoms with E-state index in [0.29, 0.717) is 0 Å². The smallest absolute Gasteiger partial charge is 0.137 e. The molecular formula is C12H15NOS. The highest BCUT2D eigenvalue weighted by Gasteiger charge is 2.16. The van der Waals surface area contributed by atoms with E-state index in [4.69, 9.17) is 4.74 Å². The molecule has 3 heteroatoms. The molecule has 0 aliphatic heterocycles. The summed E-state index contributed by atoms with van der Waals surface area (Å²) in [6.45, 7) is 0. The zero-order valence-corrected chi connectivity index (χ0v) is 10.0. The molecule has 15 heavy (non-hydrogen) atoms. The van der Waals surface area contributed by atoms with Crippen LogP contribution in [0.1, 0.15) is 11.8 Å². The lowest BCUT2D eigenvalue weighted by Gasteiger charge is -2.22. The average Bonchev–Trinajstić information content (AvgIpc) is 2.63. The summed E-state index contributed by atoms with van der Waals surface area (Å²) < 4.78 is 6.81. The van der Waals surface area contributed by atoms with Crippen LogP contribution in [0.15, 0.2) is 29.6 Å². The zero-order chi connectivity index (χ0) is 10.8. The molecule has 0 aliphatic rings. The first-order valence-corrected chi connectivity index (χ1v) is 5.77. The third kappa shape index (κ3) is 1.91. The largest absolute Gasteiger partial charge is 0.362 e. The number of benzene rings is 1. The molecule has 80 valence electrons. The van der Waals surface area contributed by atoms with E-state index in [0.717, 1.165) is 0 Å². The summed E-state index contributed by atoms with van der Waals surface area (Å²) in [6.07, 6.45) is 0.0427. The van der Waals surface area contributed by atoms with Gasteiger partial charge in [0.05, 0.1) is 0 Å². The molecule has 2 rings (SSSR count). The molecule has 0 saturated carbocycles. The van der Waals surface area contributed by atoms with E-state index >= 15 is 0 Å². The van der Waals surface area contributed by atoms with E-state index in [-0.39, 0.29) is 6.23 Å². The average molecular weight is 221 g/mol. The van der Waals surface area contributed by atoms with Crippen molar-refractivity contribution in [3.63, 3.8) is 0 Å². The first kappa shape index (κ1) is 10.6. The highest BCUT2D eigenvalue weighted by molar-refractivity contribution is 7.17. The topological polar surface area (TPSA) is 12.5 Å². The van der Waals surface area contributed by atoms with Crippen LogP contribution in [-0.4, -0.2) is 26.1 Å². The molecule has 2 nitrogen and oxygen atoms in total. The van der Waals surface area contributed by atoms with Crippen LogP contribution in [0.4, 0.5) is 0 Å². The first-order chi connectivity index (χ1) is 7.24. The van der Waals surface area contributed by atoms with Crippen molar-refractivity contribution in [1.29, 1.82) is 0 Å². The van der Waals surface area contributed by atoms with Crippen molar-refractivity contribution in [1.82, 2.24) is 4.90 Å². The molecule has 0 fully saturated rings. The number of thiophene rings is 1. The number of methoxy groups -OCH3 is 1. The molecule has 1 aromatic heterocycles. The number of hydrogen-bond donors (Lipinski definition) is 0. The number of ether oxygens (including phenoxy) is 1. The summed E-state index contributed by atoms with van der Waals surface area (Å²) in [6, 6.07) is 8.43. The predicted molar refractivity (Wildman–Crippen MR) is 65.3 cm³/mol. The molecule has 0 radical (unpaired) electrons. The lowest BCUT2D eigenvalue weighted by atomic mass is 10.1. The molecule has 1 heterocycles. The summed E-state index contributed by atoms with van der Waals surface area (Å²) in [7, 11) is 5.80. The normalized spacial score (nSPS) is 13.6. The molecule has 0 amide bonds. The van der Waals surface area contributed by atoms with Gasteiger partial charge in [-0.3, -0.25) is 4.90 Å². The van der Waals surface area contributed by atoms with Gasteiger partial charge in [0, 0.05) is 17.4 Å². The van der Waals surface area contributed by atoms with E-state index in [1.807, 2.05) is 14.1 Å². The minimum atomic E-state index is 0.0427. The van der Waals surface area contributed by atoms with Gasteiger partial charge in [0.2, 0.25) is 0 Å². The van der Waals surface area contributed by atoms with E-state index in [9.17, 15) is 0 Å². The van der Waals surface area contributed by atoms with E-state index in [2.05, 4.69) is 34.5 Å². The predicted octanol–water partition coefficient (Wildman–Crippen LogP) is 3.11. The molecular weight excluding hydrogens is 206 g/mol. The Labute approximate surface area is 94.1 Å². The Bertz CT molecular complexity index is 450. The van der Waals surface area contributed by atoms with Gasteiger partial charge in [-0.1, -0.05) is 18.2 Å². The molecule has 0 saturated heterocycles. The van der Waals surface area contributed by atoms with Crippen LogP contribution >= 0.6 is 11.3 Å². The van der Waals surface area contributed by atoms with Crippen molar-refractivity contribution in [2.75, 3.05) is 21.2 Å². The highest BCUT2D eigenvalue weighted by Crippen LogP contribution is 2.32. The fraction of sp³-hybridized carbons (Fsp3) is 0.333. The highest BCUT2D eigenvalue weighted by atomic mass is 32.1. The van der Waals surface area contributed by atoms with Crippen LogP contribution in [-0.2, 0) is 4.74 Å². The lowest BCUT2D eigenvalue weighted by Crippen LogP contribution is -2.21. The van der Waals surface area contributed by atoms with Gasteiger partial charge in [0.15, 0.2) is 0 Å². The lowest BCUT2D eigenvalue weighted by molar-refractivity contribution is -0.00406. The second-order valence-corrected chi connectivity index (χ2v) is 4.65. The fourth-order valence-electron chi connectivity index (χ4n) is 1.81. The summed E-state index contributed by atoms with van der Waals surface area (Å²) in [5.74, 6) is 0. The minimum Gasteiger partial charge on any atom is -0.362 e. The van der Waals surface area contributed by atoms with Crippen molar-refractivity contribution < 1.29 is 4.74 Å². The summed E-state index contributed by atoms with van der Waals surface area (Å²) in [4.78, 5) is 2.08. The number of rotatable bonds is 3. The monoisotopic (exact) mass is 221 g/mol. The molecule has 1 unspecified atom stereocenters. The van der Waals surface area contributed by atoms with Gasteiger partial charge in [-0.25, -0.2) is 0 Å². The van der Waals surface area contributed by atoms with E-state index in [1.54, 1.807) is 18.4 Å². The Morgan fingerprint density at radius 2 is 2.00 bits per heavy atom. The van der Waals surface area contributed by atoms with Crippen molar-refractivity contribution in [3.05, 3.63) is 35.2 Å². The summed E-state index contributed by atoms with van der Waals surface area (Å²) >= 11 is 1.77. The second-order valence-electron chi connectivity index (χ2n) is 3.74. The van der Waals surface area contributed by atoms with Crippen molar-refractivity contribution >= 4 is 21.4 Å². The zero-order valence-electron chi connectivity index (χ0n) is 9.23. The third-order valence-electron chi connectivity index (χ3n) is 2.47. The molecule has 1 atom stereocenters. The summed E-state index contributed by atoms with van der Waals surface area (Å²) in [5, 5.41) is 3.47. The van der Waals surface area contributed by atoms with E-state index < -0.39 is 0 Å². The number of fused-ring (bicyclic) bond motifs is 1. The van der Waals surface area contributed by atoms with Crippen LogP contribution in [0.2, 0.25) is 0 Å². The van der Waals surface area contributed by atoms with Gasteiger partial charge in [-0.15, -0.1) is 11.3 Å². The Morgan fingerprint density at radius 1 is 1.27 bits per heavy atom. The van der Waals surface area contributed by atoms with Gasteiger partial charge in [0.1, 0.15) is 6.23 Å². The molecule has 0 spiro atoms. The van der Waals surface area contributed by atoms with Crippen LogP contribution in [0.25, 0.3) is 10.1 Å². The van der Waals surface area contributed by atoms with Gasteiger partial charge >= 0.3 is 0 Å². The fourth-order valence-corrected chi connectivity index (χ4v) is 2.77. The van der Waals surface area contributed by atoms with Crippen LogP contribution < -0.4 is 0 Å².